The van der Waals surface area contributed by atoms with Crippen molar-refractivity contribution in [1.82, 2.24) is 0 Å². The number of ether oxygens (including phenoxy) is 1. The molecule has 0 aromatic heterocycles. The van der Waals surface area contributed by atoms with Gasteiger partial charge in [0.2, 0.25) is 0 Å². The Hall–Kier alpha value is 0.830. The second kappa shape index (κ2) is 14.9. The van der Waals surface area contributed by atoms with Crippen LogP contribution in [0.15, 0.2) is 0 Å². The zero-order valence-corrected chi connectivity index (χ0v) is 13.3. The predicted octanol–water partition coefficient (Wildman–Crippen LogP) is 2.39. The molecule has 7 heteroatoms. The summed E-state index contributed by atoms with van der Waals surface area (Å²) in [5.41, 5.74) is 0. The van der Waals surface area contributed by atoms with Crippen LogP contribution >= 0.6 is 47.0 Å². The number of aliphatic hydroxyl groups excluding tert-OH is 1. The molecule has 0 aliphatic rings. The molecule has 102 valence electrons. The van der Waals surface area contributed by atoms with Gasteiger partial charge in [-0.25, -0.2) is 0 Å². The number of carbonyl (C=O) groups is 1. The fraction of sp³-hybridized carbons (Fsp3) is 0.900. The molecule has 0 bridgehead atoms. The van der Waals surface area contributed by atoms with Crippen molar-refractivity contribution in [1.29, 1.82) is 0 Å². The molecule has 0 amide bonds. The van der Waals surface area contributed by atoms with Crippen molar-refractivity contribution in [2.75, 3.05) is 46.9 Å². The molecule has 0 aromatic carbocycles. The van der Waals surface area contributed by atoms with Gasteiger partial charge >= 0.3 is 5.97 Å². The SMILES string of the molecule is CSCSCSCCC(=O)OCCSCCO. The van der Waals surface area contributed by atoms with E-state index in [0.29, 0.717) is 18.8 Å². The van der Waals surface area contributed by atoms with Crippen LogP contribution in [0.1, 0.15) is 6.42 Å². The van der Waals surface area contributed by atoms with Crippen LogP contribution in [0.4, 0.5) is 0 Å². The summed E-state index contributed by atoms with van der Waals surface area (Å²) >= 11 is 7.07. The van der Waals surface area contributed by atoms with E-state index in [-0.39, 0.29) is 12.6 Å². The molecule has 0 aliphatic carbocycles. The van der Waals surface area contributed by atoms with Crippen molar-refractivity contribution < 1.29 is 14.6 Å². The average Bonchev–Trinajstić information content (AvgIpc) is 2.33. The molecule has 0 radical (unpaired) electrons. The lowest BCUT2D eigenvalue weighted by Crippen LogP contribution is -2.08. The summed E-state index contributed by atoms with van der Waals surface area (Å²) in [4.78, 5) is 11.3. The number of aliphatic hydroxyl groups is 1. The Morgan fingerprint density at radius 3 is 2.65 bits per heavy atom. The number of rotatable bonds is 12. The van der Waals surface area contributed by atoms with Gasteiger partial charge in [0.05, 0.1) is 13.0 Å². The Kier molecular flexibility index (Phi) is 15.6. The zero-order valence-electron chi connectivity index (χ0n) is 10.1. The summed E-state index contributed by atoms with van der Waals surface area (Å²) in [6.07, 6.45) is 2.58. The number of hydrogen-bond donors (Lipinski definition) is 1. The first-order valence-corrected chi connectivity index (χ1v) is 10.2. The molecule has 0 fully saturated rings. The maximum absolute atomic E-state index is 11.3. The van der Waals surface area contributed by atoms with Gasteiger partial charge in [0, 0.05) is 27.4 Å². The number of esters is 1. The van der Waals surface area contributed by atoms with Gasteiger partial charge in [0.25, 0.3) is 0 Å². The highest BCUT2D eigenvalue weighted by Crippen LogP contribution is 2.16. The minimum atomic E-state index is -0.114. The first kappa shape index (κ1) is 17.8. The Bertz CT molecular complexity index is 181. The smallest absolute Gasteiger partial charge is 0.306 e. The summed E-state index contributed by atoms with van der Waals surface area (Å²) in [5.74, 6) is 2.20. The molecular weight excluding hydrogens is 296 g/mol. The largest absolute Gasteiger partial charge is 0.465 e. The first-order valence-electron chi connectivity index (χ1n) is 5.30. The van der Waals surface area contributed by atoms with Gasteiger partial charge in [0.15, 0.2) is 0 Å². The lowest BCUT2D eigenvalue weighted by molar-refractivity contribution is -0.142. The zero-order chi connectivity index (χ0) is 12.8. The van der Waals surface area contributed by atoms with Crippen LogP contribution in [-0.2, 0) is 9.53 Å². The van der Waals surface area contributed by atoms with Crippen molar-refractivity contribution in [2.24, 2.45) is 0 Å². The normalized spacial score (nSPS) is 10.5. The number of hydrogen-bond acceptors (Lipinski definition) is 7. The summed E-state index contributed by atoms with van der Waals surface area (Å²) in [5, 5.41) is 10.7. The Morgan fingerprint density at radius 2 is 1.94 bits per heavy atom. The third-order valence-corrected chi connectivity index (χ3v) is 5.91. The van der Waals surface area contributed by atoms with E-state index in [1.165, 1.54) is 0 Å². The molecule has 17 heavy (non-hydrogen) atoms. The van der Waals surface area contributed by atoms with Gasteiger partial charge < -0.3 is 9.84 Å². The molecule has 0 unspecified atom stereocenters. The average molecular weight is 317 g/mol. The van der Waals surface area contributed by atoms with Gasteiger partial charge in [-0.05, 0) is 6.26 Å². The second-order valence-electron chi connectivity index (χ2n) is 2.94. The highest BCUT2D eigenvalue weighted by molar-refractivity contribution is 8.22. The molecule has 1 N–H and O–H groups in total. The molecule has 0 spiro atoms. The van der Waals surface area contributed by atoms with Crippen LogP contribution in [0.2, 0.25) is 0 Å². The standard InChI is InChI=1S/C10H20O3S4/c1-14-8-17-9-16-5-2-10(12)13-4-7-15-6-3-11/h11H,2-9H2,1H3. The lowest BCUT2D eigenvalue weighted by atomic mass is 10.5. The van der Waals surface area contributed by atoms with Gasteiger partial charge in [-0.2, -0.15) is 35.3 Å². The van der Waals surface area contributed by atoms with Crippen LogP contribution in [0.25, 0.3) is 0 Å². The number of thioether (sulfide) groups is 4. The minimum Gasteiger partial charge on any atom is -0.465 e. The molecule has 0 heterocycles. The third-order valence-electron chi connectivity index (χ3n) is 1.54. The van der Waals surface area contributed by atoms with Crippen LogP contribution in [-0.4, -0.2) is 58.0 Å². The van der Waals surface area contributed by atoms with Gasteiger partial charge in [-0.15, -0.1) is 11.8 Å². The monoisotopic (exact) mass is 316 g/mol. The molecule has 0 saturated heterocycles. The maximum atomic E-state index is 11.3. The van der Waals surface area contributed by atoms with Crippen molar-refractivity contribution in [2.45, 2.75) is 6.42 Å². The van der Waals surface area contributed by atoms with E-state index in [0.717, 1.165) is 21.7 Å². The number of carbonyl (C=O) groups excluding carboxylic acids is 1. The van der Waals surface area contributed by atoms with Crippen LogP contribution in [0.5, 0.6) is 0 Å². The topological polar surface area (TPSA) is 46.5 Å². The minimum absolute atomic E-state index is 0.114. The second-order valence-corrected chi connectivity index (χ2v) is 7.86. The maximum Gasteiger partial charge on any atom is 0.306 e. The Labute approximate surface area is 121 Å². The lowest BCUT2D eigenvalue weighted by Gasteiger charge is -2.04. The molecule has 0 saturated carbocycles. The van der Waals surface area contributed by atoms with Gasteiger partial charge in [0.1, 0.15) is 6.61 Å². The highest BCUT2D eigenvalue weighted by atomic mass is 32.2. The fourth-order valence-corrected chi connectivity index (χ4v) is 4.18. The van der Waals surface area contributed by atoms with E-state index in [4.69, 9.17) is 9.84 Å². The van der Waals surface area contributed by atoms with E-state index in [1.807, 2.05) is 23.5 Å². The van der Waals surface area contributed by atoms with E-state index in [2.05, 4.69) is 6.26 Å². The molecule has 0 atom stereocenters. The first-order chi connectivity index (χ1) is 8.31. The van der Waals surface area contributed by atoms with E-state index >= 15 is 0 Å². The van der Waals surface area contributed by atoms with Crippen LogP contribution in [0.3, 0.4) is 0 Å². The van der Waals surface area contributed by atoms with Crippen molar-refractivity contribution in [3.63, 3.8) is 0 Å². The third kappa shape index (κ3) is 14.8. The predicted molar refractivity (Wildman–Crippen MR) is 83.3 cm³/mol. The van der Waals surface area contributed by atoms with Gasteiger partial charge in [-0.1, -0.05) is 0 Å². The quantitative estimate of drug-likeness (QED) is 0.337. The molecule has 0 rings (SSSR count). The van der Waals surface area contributed by atoms with E-state index < -0.39 is 0 Å². The summed E-state index contributed by atoms with van der Waals surface area (Å²) < 4.78 is 5.05. The van der Waals surface area contributed by atoms with E-state index in [9.17, 15) is 4.79 Å². The Balaban J connectivity index is 3.12. The summed E-state index contributed by atoms with van der Waals surface area (Å²) in [6.45, 7) is 0.637. The molecule has 3 nitrogen and oxygen atoms in total. The fourth-order valence-electron chi connectivity index (χ4n) is 0.844. The molecular formula is C10H20O3S4. The van der Waals surface area contributed by atoms with E-state index in [1.54, 1.807) is 23.5 Å². The summed E-state index contributed by atoms with van der Waals surface area (Å²) in [6, 6.07) is 0. The molecule has 0 aromatic rings. The summed E-state index contributed by atoms with van der Waals surface area (Å²) in [7, 11) is 0. The van der Waals surface area contributed by atoms with Crippen LogP contribution in [0, 0.1) is 0 Å². The van der Waals surface area contributed by atoms with Gasteiger partial charge in [-0.3, -0.25) is 4.79 Å². The van der Waals surface area contributed by atoms with Crippen molar-refractivity contribution in [3.05, 3.63) is 0 Å². The Morgan fingerprint density at radius 1 is 1.12 bits per heavy atom. The van der Waals surface area contributed by atoms with Crippen molar-refractivity contribution in [3.8, 4) is 0 Å². The van der Waals surface area contributed by atoms with Crippen LogP contribution < -0.4 is 0 Å². The molecule has 0 aliphatic heterocycles. The van der Waals surface area contributed by atoms with Crippen molar-refractivity contribution >= 4 is 53.0 Å². The highest BCUT2D eigenvalue weighted by Gasteiger charge is 2.02.